The van der Waals surface area contributed by atoms with E-state index < -0.39 is 39.6 Å². The Kier molecular flexibility index (Phi) is 7.44. The lowest BCUT2D eigenvalue weighted by molar-refractivity contribution is -0.120. The maximum Gasteiger partial charge on any atom is 0.339 e. The van der Waals surface area contributed by atoms with E-state index in [-0.39, 0.29) is 34.8 Å². The van der Waals surface area contributed by atoms with Gasteiger partial charge in [-0.1, -0.05) is 0 Å². The summed E-state index contributed by atoms with van der Waals surface area (Å²) in [7, 11) is -1.53. The lowest BCUT2D eigenvalue weighted by atomic mass is 9.98. The minimum absolute atomic E-state index is 0.0325. The van der Waals surface area contributed by atoms with Crippen LogP contribution in [0.4, 0.5) is 10.1 Å². The summed E-state index contributed by atoms with van der Waals surface area (Å²) in [5.74, 6) is -3.15. The minimum atomic E-state index is -3.91. The van der Waals surface area contributed by atoms with Crippen LogP contribution in [0.2, 0.25) is 0 Å². The van der Waals surface area contributed by atoms with E-state index in [1.54, 1.807) is 0 Å². The van der Waals surface area contributed by atoms with Crippen molar-refractivity contribution < 1.29 is 36.7 Å². The molecule has 1 N–H and O–H groups in total. The number of esters is 2. The Morgan fingerprint density at radius 1 is 1.03 bits per heavy atom. The lowest BCUT2D eigenvalue weighted by Gasteiger charge is -2.31. The standard InChI is InChI=1S/C22H23FN2O7S/c1-31-21(27)14-5-10-18(22(28)32-2)19(12-14)24-20(26)15-4-3-11-25(13-15)33(29,30)17-8-6-16(23)7-9-17/h5-10,12,15H,3-4,11,13H2,1-2H3,(H,24,26)/t15-/m0/s1. The molecule has 1 heterocycles. The fraction of sp³-hybridized carbons (Fsp3) is 0.318. The number of nitrogens with one attached hydrogen (secondary N) is 1. The number of benzene rings is 2. The summed E-state index contributed by atoms with van der Waals surface area (Å²) in [6, 6.07) is 8.47. The molecule has 1 atom stereocenters. The quantitative estimate of drug-likeness (QED) is 0.634. The number of ether oxygens (including phenoxy) is 2. The van der Waals surface area contributed by atoms with E-state index in [9.17, 15) is 27.2 Å². The number of amides is 1. The van der Waals surface area contributed by atoms with Crippen molar-refractivity contribution in [3.8, 4) is 0 Å². The zero-order valence-electron chi connectivity index (χ0n) is 18.0. The van der Waals surface area contributed by atoms with Crippen LogP contribution in [0.15, 0.2) is 47.4 Å². The lowest BCUT2D eigenvalue weighted by Crippen LogP contribution is -2.43. The number of carbonyl (C=O) groups excluding carboxylic acids is 3. The van der Waals surface area contributed by atoms with Crippen molar-refractivity contribution in [1.82, 2.24) is 4.31 Å². The van der Waals surface area contributed by atoms with Crippen LogP contribution in [0.3, 0.4) is 0 Å². The molecule has 0 unspecified atom stereocenters. The molecule has 33 heavy (non-hydrogen) atoms. The first-order valence-corrected chi connectivity index (χ1v) is 11.5. The van der Waals surface area contributed by atoms with Gasteiger partial charge in [-0.2, -0.15) is 4.31 Å². The third-order valence-corrected chi connectivity index (χ3v) is 7.19. The first-order valence-electron chi connectivity index (χ1n) is 10.0. The number of rotatable bonds is 6. The summed E-state index contributed by atoms with van der Waals surface area (Å²) in [6.45, 7) is 0.129. The summed E-state index contributed by atoms with van der Waals surface area (Å²) in [6.07, 6.45) is 0.857. The molecule has 1 aliphatic heterocycles. The highest BCUT2D eigenvalue weighted by Gasteiger charge is 2.34. The number of sulfonamides is 1. The highest BCUT2D eigenvalue weighted by atomic mass is 32.2. The van der Waals surface area contributed by atoms with E-state index in [1.807, 2.05) is 0 Å². The molecule has 9 nitrogen and oxygen atoms in total. The largest absolute Gasteiger partial charge is 0.465 e. The topological polar surface area (TPSA) is 119 Å². The molecular formula is C22H23FN2O7S. The molecule has 0 aromatic heterocycles. The molecule has 1 saturated heterocycles. The first-order chi connectivity index (χ1) is 15.7. The highest BCUT2D eigenvalue weighted by molar-refractivity contribution is 7.89. The zero-order valence-corrected chi connectivity index (χ0v) is 18.9. The van der Waals surface area contributed by atoms with E-state index >= 15 is 0 Å². The van der Waals surface area contributed by atoms with Gasteiger partial charge in [-0.25, -0.2) is 22.4 Å². The van der Waals surface area contributed by atoms with Gasteiger partial charge in [0.25, 0.3) is 0 Å². The molecule has 0 saturated carbocycles. The Morgan fingerprint density at radius 3 is 2.33 bits per heavy atom. The maximum absolute atomic E-state index is 13.2. The molecule has 0 aliphatic carbocycles. The molecule has 176 valence electrons. The highest BCUT2D eigenvalue weighted by Crippen LogP contribution is 2.26. The Bertz CT molecular complexity index is 1170. The van der Waals surface area contributed by atoms with Gasteiger partial charge in [0.15, 0.2) is 0 Å². The van der Waals surface area contributed by atoms with Gasteiger partial charge in [0, 0.05) is 13.1 Å². The number of nitrogens with zero attached hydrogens (tertiary/aromatic N) is 1. The van der Waals surface area contributed by atoms with E-state index in [4.69, 9.17) is 4.74 Å². The van der Waals surface area contributed by atoms with Gasteiger partial charge >= 0.3 is 11.9 Å². The summed E-state index contributed by atoms with van der Waals surface area (Å²) in [5.41, 5.74) is 0.197. The van der Waals surface area contributed by atoms with Crippen molar-refractivity contribution >= 4 is 33.6 Å². The first kappa shape index (κ1) is 24.3. The van der Waals surface area contributed by atoms with E-state index in [0.717, 1.165) is 12.1 Å². The van der Waals surface area contributed by atoms with Crippen molar-refractivity contribution in [3.05, 3.63) is 59.4 Å². The predicted octanol–water partition coefficient (Wildman–Crippen LogP) is 2.44. The van der Waals surface area contributed by atoms with Crippen LogP contribution in [-0.2, 0) is 24.3 Å². The average molecular weight is 478 g/mol. The van der Waals surface area contributed by atoms with Gasteiger partial charge in [-0.05, 0) is 55.3 Å². The molecule has 3 rings (SSSR count). The molecule has 11 heteroatoms. The molecule has 0 radical (unpaired) electrons. The number of halogens is 1. The Balaban J connectivity index is 1.82. The Hall–Kier alpha value is -3.31. The van der Waals surface area contributed by atoms with Gasteiger partial charge in [-0.15, -0.1) is 0 Å². The normalized spacial score (nSPS) is 16.6. The smallest absolute Gasteiger partial charge is 0.339 e. The Labute approximate surface area is 190 Å². The number of piperidine rings is 1. The monoisotopic (exact) mass is 478 g/mol. The molecule has 1 fully saturated rings. The van der Waals surface area contributed by atoms with Crippen molar-refractivity contribution in [1.29, 1.82) is 0 Å². The molecule has 2 aromatic carbocycles. The van der Waals surface area contributed by atoms with Crippen LogP contribution in [0.5, 0.6) is 0 Å². The second-order valence-electron chi connectivity index (χ2n) is 7.39. The van der Waals surface area contributed by atoms with Crippen LogP contribution < -0.4 is 5.32 Å². The third kappa shape index (κ3) is 5.37. The fourth-order valence-corrected chi connectivity index (χ4v) is 5.07. The summed E-state index contributed by atoms with van der Waals surface area (Å²) in [4.78, 5) is 36.9. The number of hydrogen-bond donors (Lipinski definition) is 1. The van der Waals surface area contributed by atoms with Crippen molar-refractivity contribution in [2.24, 2.45) is 5.92 Å². The molecule has 1 amide bonds. The molecular weight excluding hydrogens is 455 g/mol. The summed E-state index contributed by atoms with van der Waals surface area (Å²) >= 11 is 0. The second kappa shape index (κ2) is 10.1. The SMILES string of the molecule is COC(=O)c1ccc(C(=O)OC)c(NC(=O)[C@H]2CCCN(S(=O)(=O)c3ccc(F)cc3)C2)c1. The third-order valence-electron chi connectivity index (χ3n) is 5.31. The van der Waals surface area contributed by atoms with Crippen molar-refractivity contribution in [2.45, 2.75) is 17.7 Å². The van der Waals surface area contributed by atoms with Crippen LogP contribution in [0.25, 0.3) is 0 Å². The second-order valence-corrected chi connectivity index (χ2v) is 9.33. The van der Waals surface area contributed by atoms with Crippen LogP contribution in [0.1, 0.15) is 33.6 Å². The van der Waals surface area contributed by atoms with Gasteiger partial charge in [0.2, 0.25) is 15.9 Å². The Morgan fingerprint density at radius 2 is 1.70 bits per heavy atom. The zero-order chi connectivity index (χ0) is 24.2. The molecule has 1 aliphatic rings. The molecule has 0 bridgehead atoms. The number of anilines is 1. The fourth-order valence-electron chi connectivity index (χ4n) is 3.55. The van der Waals surface area contributed by atoms with Gasteiger partial charge in [0.1, 0.15) is 5.82 Å². The van der Waals surface area contributed by atoms with Crippen LogP contribution >= 0.6 is 0 Å². The van der Waals surface area contributed by atoms with Gasteiger partial charge in [0.05, 0.1) is 41.8 Å². The van der Waals surface area contributed by atoms with E-state index in [0.29, 0.717) is 12.8 Å². The summed E-state index contributed by atoms with van der Waals surface area (Å²) < 4.78 is 49.6. The van der Waals surface area contributed by atoms with E-state index in [2.05, 4.69) is 10.1 Å². The van der Waals surface area contributed by atoms with Crippen molar-refractivity contribution in [3.63, 3.8) is 0 Å². The van der Waals surface area contributed by atoms with Crippen LogP contribution in [0, 0.1) is 11.7 Å². The van der Waals surface area contributed by atoms with Crippen LogP contribution in [-0.4, -0.2) is 57.9 Å². The number of carbonyl (C=O) groups is 3. The molecule has 2 aromatic rings. The number of methoxy groups -OCH3 is 2. The average Bonchev–Trinajstić information content (AvgIpc) is 2.83. The number of hydrogen-bond acceptors (Lipinski definition) is 7. The van der Waals surface area contributed by atoms with Gasteiger partial charge < -0.3 is 14.8 Å². The predicted molar refractivity (Wildman–Crippen MR) is 116 cm³/mol. The van der Waals surface area contributed by atoms with Gasteiger partial charge in [-0.3, -0.25) is 4.79 Å². The molecule has 0 spiro atoms. The summed E-state index contributed by atoms with van der Waals surface area (Å²) in [5, 5.41) is 2.62. The minimum Gasteiger partial charge on any atom is -0.465 e. The van der Waals surface area contributed by atoms with E-state index in [1.165, 1.54) is 48.9 Å². The van der Waals surface area contributed by atoms with Crippen molar-refractivity contribution in [2.75, 3.05) is 32.6 Å². The maximum atomic E-state index is 13.2.